The standard InChI is InChI=1S/C7H4Cl2O2S.Na/c8-6-3-4(7(9)12-6)5(11)1-2-10;/h1-3,10H;/q;+1/p-1/b2-1+;. The molecular weight excluding hydrogens is 242 g/mol. The SMILES string of the molecule is O=C(/C=C/[O-])c1cc(Cl)sc1Cl.[Na+]. The van der Waals surface area contributed by atoms with Gasteiger partial charge in [-0.2, -0.15) is 0 Å². The molecule has 0 amide bonds. The van der Waals surface area contributed by atoms with Crippen molar-refractivity contribution in [3.63, 3.8) is 0 Å². The molecule has 0 aliphatic heterocycles. The molecule has 13 heavy (non-hydrogen) atoms. The van der Waals surface area contributed by atoms with Crippen LogP contribution in [-0.4, -0.2) is 5.78 Å². The van der Waals surface area contributed by atoms with Crippen molar-refractivity contribution >= 4 is 40.3 Å². The molecule has 0 aromatic carbocycles. The zero-order chi connectivity index (χ0) is 9.14. The first kappa shape index (κ1) is 13.5. The minimum absolute atomic E-state index is 0. The van der Waals surface area contributed by atoms with Crippen molar-refractivity contribution in [2.75, 3.05) is 0 Å². The predicted octanol–water partition coefficient (Wildman–Crippen LogP) is -0.884. The first-order valence-electron chi connectivity index (χ1n) is 2.93. The second-order valence-electron chi connectivity index (χ2n) is 1.90. The molecular formula is C7H3Cl2NaO2S. The van der Waals surface area contributed by atoms with Gasteiger partial charge in [0.1, 0.15) is 4.34 Å². The van der Waals surface area contributed by atoms with E-state index in [0.717, 1.165) is 17.4 Å². The molecule has 1 aromatic heterocycles. The first-order chi connectivity index (χ1) is 5.65. The van der Waals surface area contributed by atoms with Gasteiger partial charge in [-0.1, -0.05) is 23.2 Å². The minimum atomic E-state index is -0.418. The van der Waals surface area contributed by atoms with E-state index < -0.39 is 5.78 Å². The van der Waals surface area contributed by atoms with Crippen LogP contribution in [0.1, 0.15) is 10.4 Å². The Morgan fingerprint density at radius 1 is 1.54 bits per heavy atom. The largest absolute Gasteiger partial charge is 1.00 e. The van der Waals surface area contributed by atoms with Gasteiger partial charge >= 0.3 is 29.6 Å². The molecule has 0 unspecified atom stereocenters. The van der Waals surface area contributed by atoms with Crippen molar-refractivity contribution in [1.29, 1.82) is 0 Å². The fraction of sp³-hybridized carbons (Fsp3) is 0. The molecule has 0 radical (unpaired) electrons. The fourth-order valence-electron chi connectivity index (χ4n) is 0.660. The number of thiophene rings is 1. The van der Waals surface area contributed by atoms with Crippen molar-refractivity contribution in [1.82, 2.24) is 0 Å². The molecule has 0 saturated carbocycles. The molecule has 0 fully saturated rings. The maximum atomic E-state index is 11.1. The van der Waals surface area contributed by atoms with Gasteiger partial charge in [0.25, 0.3) is 0 Å². The van der Waals surface area contributed by atoms with Gasteiger partial charge in [-0.05, 0) is 12.1 Å². The van der Waals surface area contributed by atoms with Crippen LogP contribution in [0.15, 0.2) is 18.4 Å². The van der Waals surface area contributed by atoms with Crippen molar-refractivity contribution < 1.29 is 39.5 Å². The van der Waals surface area contributed by atoms with E-state index in [1.807, 2.05) is 0 Å². The third kappa shape index (κ3) is 3.62. The van der Waals surface area contributed by atoms with Crippen LogP contribution in [0.4, 0.5) is 0 Å². The second-order valence-corrected chi connectivity index (χ2v) is 4.19. The number of carbonyl (C=O) groups excluding carboxylic acids is 1. The number of allylic oxidation sites excluding steroid dienone is 1. The molecule has 1 rings (SSSR count). The Kier molecular flexibility index (Phi) is 6.29. The van der Waals surface area contributed by atoms with Crippen LogP contribution in [0, 0.1) is 0 Å². The van der Waals surface area contributed by atoms with Gasteiger partial charge in [-0.15, -0.1) is 17.6 Å². The molecule has 2 nitrogen and oxygen atoms in total. The normalized spacial score (nSPS) is 10.0. The number of hydrogen-bond acceptors (Lipinski definition) is 3. The maximum absolute atomic E-state index is 11.1. The van der Waals surface area contributed by atoms with Crippen LogP contribution in [0.2, 0.25) is 8.67 Å². The fourth-order valence-corrected chi connectivity index (χ4v) is 2.13. The number of carbonyl (C=O) groups is 1. The molecule has 0 spiro atoms. The molecule has 0 atom stereocenters. The van der Waals surface area contributed by atoms with Crippen LogP contribution in [0.3, 0.4) is 0 Å². The molecule has 0 bridgehead atoms. The van der Waals surface area contributed by atoms with Crippen LogP contribution >= 0.6 is 34.5 Å². The molecule has 1 heterocycles. The van der Waals surface area contributed by atoms with Gasteiger partial charge in [-0.25, -0.2) is 0 Å². The smallest absolute Gasteiger partial charge is 0.878 e. The molecule has 0 N–H and O–H groups in total. The van der Waals surface area contributed by atoms with Crippen LogP contribution in [0.25, 0.3) is 0 Å². The molecule has 0 aliphatic rings. The Bertz CT molecular complexity index is 335. The van der Waals surface area contributed by atoms with Crippen molar-refractivity contribution in [2.24, 2.45) is 0 Å². The van der Waals surface area contributed by atoms with Gasteiger partial charge in [0, 0.05) is 0 Å². The summed E-state index contributed by atoms with van der Waals surface area (Å²) in [6.07, 6.45) is 1.33. The van der Waals surface area contributed by atoms with Gasteiger partial charge in [0.05, 0.1) is 9.90 Å². The first-order valence-corrected chi connectivity index (χ1v) is 4.50. The second kappa shape index (κ2) is 6.06. The molecule has 1 aromatic rings. The van der Waals surface area contributed by atoms with E-state index in [0.29, 0.717) is 14.9 Å². The summed E-state index contributed by atoms with van der Waals surface area (Å²) in [5.41, 5.74) is 0.277. The molecule has 0 saturated heterocycles. The van der Waals surface area contributed by atoms with Crippen molar-refractivity contribution in [2.45, 2.75) is 0 Å². The summed E-state index contributed by atoms with van der Waals surface area (Å²) in [6, 6.07) is 1.44. The van der Waals surface area contributed by atoms with Crippen molar-refractivity contribution in [3.05, 3.63) is 32.6 Å². The summed E-state index contributed by atoms with van der Waals surface area (Å²) < 4.78 is 0.741. The Balaban J connectivity index is 0.00000144. The topological polar surface area (TPSA) is 40.1 Å². The number of hydrogen-bond donors (Lipinski definition) is 0. The van der Waals surface area contributed by atoms with Gasteiger partial charge in [-0.3, -0.25) is 4.79 Å². The van der Waals surface area contributed by atoms with Crippen molar-refractivity contribution in [3.8, 4) is 0 Å². The number of rotatable bonds is 2. The maximum Gasteiger partial charge on any atom is 1.00 e. The third-order valence-electron chi connectivity index (χ3n) is 1.14. The van der Waals surface area contributed by atoms with Crippen LogP contribution in [-0.2, 0) is 0 Å². The van der Waals surface area contributed by atoms with E-state index in [-0.39, 0.29) is 35.1 Å². The van der Waals surface area contributed by atoms with E-state index in [1.165, 1.54) is 6.07 Å². The van der Waals surface area contributed by atoms with Gasteiger partial charge in [0.2, 0.25) is 0 Å². The molecule has 6 heteroatoms. The van der Waals surface area contributed by atoms with E-state index >= 15 is 0 Å². The van der Waals surface area contributed by atoms with Gasteiger partial charge < -0.3 is 5.11 Å². The Morgan fingerprint density at radius 3 is 2.54 bits per heavy atom. The Labute approximate surface area is 111 Å². The average molecular weight is 245 g/mol. The Morgan fingerprint density at radius 2 is 2.15 bits per heavy atom. The average Bonchev–Trinajstić information content (AvgIpc) is 2.30. The van der Waals surface area contributed by atoms with E-state index in [9.17, 15) is 9.90 Å². The van der Waals surface area contributed by atoms with E-state index in [2.05, 4.69) is 0 Å². The molecule has 64 valence electrons. The van der Waals surface area contributed by atoms with E-state index in [1.54, 1.807) is 0 Å². The number of halogens is 2. The summed E-state index contributed by atoms with van der Waals surface area (Å²) >= 11 is 12.3. The monoisotopic (exact) mass is 244 g/mol. The number of ketones is 1. The summed E-state index contributed by atoms with van der Waals surface area (Å²) in [5.74, 6) is -0.418. The zero-order valence-electron chi connectivity index (χ0n) is 6.71. The summed E-state index contributed by atoms with van der Waals surface area (Å²) in [6.45, 7) is 0. The summed E-state index contributed by atoms with van der Waals surface area (Å²) in [7, 11) is 0. The minimum Gasteiger partial charge on any atom is -0.878 e. The summed E-state index contributed by atoms with van der Waals surface area (Å²) in [5, 5.41) is 9.96. The zero-order valence-corrected chi connectivity index (χ0v) is 11.0. The quantitative estimate of drug-likeness (QED) is 0.293. The third-order valence-corrected chi connectivity index (χ3v) is 2.63. The van der Waals surface area contributed by atoms with E-state index in [4.69, 9.17) is 23.2 Å². The molecule has 0 aliphatic carbocycles. The van der Waals surface area contributed by atoms with Crippen LogP contribution in [0.5, 0.6) is 0 Å². The Hall–Kier alpha value is 0.490. The summed E-state index contributed by atoms with van der Waals surface area (Å²) in [4.78, 5) is 11.1. The van der Waals surface area contributed by atoms with Crippen LogP contribution < -0.4 is 34.7 Å². The predicted molar refractivity (Wildman–Crippen MR) is 47.8 cm³/mol. The van der Waals surface area contributed by atoms with Gasteiger partial charge in [0.15, 0.2) is 5.78 Å².